The van der Waals surface area contributed by atoms with E-state index in [1.807, 2.05) is 19.1 Å². The van der Waals surface area contributed by atoms with Crippen LogP contribution in [-0.2, 0) is 0 Å². The summed E-state index contributed by atoms with van der Waals surface area (Å²) in [5, 5.41) is 12.4. The van der Waals surface area contributed by atoms with Crippen LogP contribution < -0.4 is 4.84 Å². The Bertz CT molecular complexity index is 502. The Labute approximate surface area is 91.8 Å². The molecular weight excluding hydrogens is 208 g/mol. The molecule has 1 aromatic carbocycles. The zero-order valence-corrected chi connectivity index (χ0v) is 8.62. The van der Waals surface area contributed by atoms with Crippen LogP contribution in [0, 0.1) is 6.92 Å². The van der Waals surface area contributed by atoms with Crippen molar-refractivity contribution in [1.82, 2.24) is 9.94 Å². The minimum atomic E-state index is -1.08. The van der Waals surface area contributed by atoms with E-state index in [2.05, 4.69) is 5.10 Å². The normalized spacial score (nSPS) is 10.1. The number of carboxylic acids is 1. The molecule has 0 fully saturated rings. The Balaban J connectivity index is 2.14. The van der Waals surface area contributed by atoms with E-state index < -0.39 is 5.97 Å². The van der Waals surface area contributed by atoms with Crippen LogP contribution in [0.1, 0.15) is 16.1 Å². The maximum Gasteiger partial charge on any atom is 0.356 e. The van der Waals surface area contributed by atoms with Gasteiger partial charge in [-0.2, -0.15) is 0 Å². The van der Waals surface area contributed by atoms with Gasteiger partial charge in [0.25, 0.3) is 0 Å². The molecule has 0 saturated carbocycles. The molecule has 0 unspecified atom stereocenters. The summed E-state index contributed by atoms with van der Waals surface area (Å²) in [6.07, 6.45) is 1.45. The monoisotopic (exact) mass is 218 g/mol. The molecule has 5 heteroatoms. The summed E-state index contributed by atoms with van der Waals surface area (Å²) in [7, 11) is 0. The number of aromatic carboxylic acids is 1. The minimum Gasteiger partial charge on any atom is -0.476 e. The molecule has 16 heavy (non-hydrogen) atoms. The molecule has 1 aromatic heterocycles. The first-order valence-corrected chi connectivity index (χ1v) is 4.69. The van der Waals surface area contributed by atoms with E-state index in [0.29, 0.717) is 5.75 Å². The van der Waals surface area contributed by atoms with Gasteiger partial charge in [0, 0.05) is 0 Å². The maximum atomic E-state index is 10.6. The van der Waals surface area contributed by atoms with E-state index >= 15 is 0 Å². The van der Waals surface area contributed by atoms with Gasteiger partial charge in [-0.05, 0) is 25.1 Å². The Hall–Kier alpha value is -2.30. The molecular formula is C11H10N2O3. The quantitative estimate of drug-likeness (QED) is 0.852. The second-order valence-corrected chi connectivity index (χ2v) is 3.31. The van der Waals surface area contributed by atoms with Crippen molar-refractivity contribution in [3.05, 3.63) is 47.8 Å². The van der Waals surface area contributed by atoms with Crippen LogP contribution in [0.5, 0.6) is 5.75 Å². The predicted octanol–water partition coefficient (Wildman–Crippen LogP) is 1.73. The lowest BCUT2D eigenvalue weighted by Gasteiger charge is -2.03. The van der Waals surface area contributed by atoms with Crippen LogP contribution in [0.2, 0.25) is 0 Å². The number of rotatable bonds is 3. The fourth-order valence-electron chi connectivity index (χ4n) is 1.18. The summed E-state index contributed by atoms with van der Waals surface area (Å²) in [5.74, 6) is -0.475. The van der Waals surface area contributed by atoms with Gasteiger partial charge in [0.1, 0.15) is 0 Å². The van der Waals surface area contributed by atoms with E-state index in [1.54, 1.807) is 12.1 Å². The van der Waals surface area contributed by atoms with Crippen LogP contribution in [0.4, 0.5) is 0 Å². The molecule has 0 spiro atoms. The molecule has 5 nitrogen and oxygen atoms in total. The fraction of sp³-hybridized carbons (Fsp3) is 0.0909. The van der Waals surface area contributed by atoms with Crippen molar-refractivity contribution in [1.29, 1.82) is 0 Å². The zero-order valence-electron chi connectivity index (χ0n) is 8.62. The lowest BCUT2D eigenvalue weighted by atomic mass is 10.2. The van der Waals surface area contributed by atoms with Gasteiger partial charge in [-0.15, -0.1) is 5.10 Å². The van der Waals surface area contributed by atoms with Gasteiger partial charge in [0.2, 0.25) is 0 Å². The molecule has 0 aliphatic rings. The van der Waals surface area contributed by atoms with E-state index in [1.165, 1.54) is 12.3 Å². The molecule has 1 N–H and O–H groups in total. The highest BCUT2D eigenvalue weighted by Gasteiger charge is 2.07. The number of aromatic nitrogens is 2. The van der Waals surface area contributed by atoms with Crippen LogP contribution in [0.25, 0.3) is 0 Å². The summed E-state index contributed by atoms with van der Waals surface area (Å²) in [6, 6.07) is 8.75. The second-order valence-electron chi connectivity index (χ2n) is 3.31. The molecule has 82 valence electrons. The number of carboxylic acid groups (broad SMARTS) is 1. The summed E-state index contributed by atoms with van der Waals surface area (Å²) >= 11 is 0. The average Bonchev–Trinajstić information content (AvgIpc) is 2.70. The third kappa shape index (κ3) is 2.20. The van der Waals surface area contributed by atoms with Gasteiger partial charge in [0.15, 0.2) is 11.4 Å². The number of hydrogen-bond acceptors (Lipinski definition) is 3. The lowest BCUT2D eigenvalue weighted by Crippen LogP contribution is -2.07. The van der Waals surface area contributed by atoms with E-state index in [9.17, 15) is 4.79 Å². The molecule has 0 aliphatic carbocycles. The Morgan fingerprint density at radius 1 is 1.31 bits per heavy atom. The molecule has 1 heterocycles. The van der Waals surface area contributed by atoms with Gasteiger partial charge < -0.3 is 9.94 Å². The first-order chi connectivity index (χ1) is 7.65. The standard InChI is InChI=1S/C11H10N2O3/c1-8-2-4-9(5-3-8)16-13-7-6-10(12-13)11(14)15/h2-7H,1H3,(H,14,15). The largest absolute Gasteiger partial charge is 0.476 e. The van der Waals surface area contributed by atoms with Gasteiger partial charge in [-0.25, -0.2) is 4.79 Å². The number of carbonyl (C=O) groups is 1. The third-order valence-corrected chi connectivity index (χ3v) is 2.01. The van der Waals surface area contributed by atoms with Crippen molar-refractivity contribution < 1.29 is 14.7 Å². The summed E-state index contributed by atoms with van der Waals surface area (Å²) in [5.41, 5.74) is 1.08. The molecule has 0 aliphatic heterocycles. The van der Waals surface area contributed by atoms with Crippen LogP contribution in [0.15, 0.2) is 36.5 Å². The van der Waals surface area contributed by atoms with Gasteiger partial charge >= 0.3 is 5.97 Å². The van der Waals surface area contributed by atoms with Gasteiger partial charge in [0.05, 0.1) is 6.20 Å². The molecule has 0 bridgehead atoms. The SMILES string of the molecule is Cc1ccc(On2ccc(C(=O)O)n2)cc1. The van der Waals surface area contributed by atoms with E-state index in [-0.39, 0.29) is 5.69 Å². The smallest absolute Gasteiger partial charge is 0.356 e. The lowest BCUT2D eigenvalue weighted by molar-refractivity contribution is 0.0682. The van der Waals surface area contributed by atoms with E-state index in [0.717, 1.165) is 10.4 Å². The molecule has 0 saturated heterocycles. The number of aryl methyl sites for hydroxylation is 1. The Morgan fingerprint density at radius 3 is 2.56 bits per heavy atom. The average molecular weight is 218 g/mol. The summed E-state index contributed by atoms with van der Waals surface area (Å²) in [4.78, 5) is 17.0. The fourth-order valence-corrected chi connectivity index (χ4v) is 1.18. The maximum absolute atomic E-state index is 10.6. The first kappa shape index (κ1) is 10.2. The molecule has 0 amide bonds. The highest BCUT2D eigenvalue weighted by Crippen LogP contribution is 2.11. The van der Waals surface area contributed by atoms with Crippen molar-refractivity contribution in [2.75, 3.05) is 0 Å². The molecule has 0 radical (unpaired) electrons. The van der Waals surface area contributed by atoms with Crippen LogP contribution >= 0.6 is 0 Å². The third-order valence-electron chi connectivity index (χ3n) is 2.01. The van der Waals surface area contributed by atoms with Gasteiger partial charge in [-0.1, -0.05) is 22.5 Å². The Kier molecular flexibility index (Phi) is 2.59. The molecule has 2 rings (SSSR count). The second kappa shape index (κ2) is 4.06. The first-order valence-electron chi connectivity index (χ1n) is 4.69. The van der Waals surface area contributed by atoms with Crippen molar-refractivity contribution >= 4 is 5.97 Å². The van der Waals surface area contributed by atoms with Crippen molar-refractivity contribution in [3.8, 4) is 5.75 Å². The minimum absolute atomic E-state index is 0.0490. The summed E-state index contributed by atoms with van der Waals surface area (Å²) < 4.78 is 0. The Morgan fingerprint density at radius 2 is 2.00 bits per heavy atom. The van der Waals surface area contributed by atoms with E-state index in [4.69, 9.17) is 9.94 Å². The highest BCUT2D eigenvalue weighted by molar-refractivity contribution is 5.84. The number of nitrogens with zero attached hydrogens (tertiary/aromatic N) is 2. The van der Waals surface area contributed by atoms with Crippen molar-refractivity contribution in [2.45, 2.75) is 6.92 Å². The topological polar surface area (TPSA) is 64.3 Å². The number of benzene rings is 1. The summed E-state index contributed by atoms with van der Waals surface area (Å²) in [6.45, 7) is 1.97. The van der Waals surface area contributed by atoms with Gasteiger partial charge in [-0.3, -0.25) is 0 Å². The highest BCUT2D eigenvalue weighted by atomic mass is 16.7. The zero-order chi connectivity index (χ0) is 11.5. The molecule has 0 atom stereocenters. The van der Waals surface area contributed by atoms with Crippen molar-refractivity contribution in [3.63, 3.8) is 0 Å². The number of hydrogen-bond donors (Lipinski definition) is 1. The van der Waals surface area contributed by atoms with Crippen molar-refractivity contribution in [2.24, 2.45) is 0 Å². The van der Waals surface area contributed by atoms with Crippen LogP contribution in [0.3, 0.4) is 0 Å². The predicted molar refractivity (Wildman–Crippen MR) is 56.4 cm³/mol. The molecule has 2 aromatic rings. The van der Waals surface area contributed by atoms with Crippen LogP contribution in [-0.4, -0.2) is 21.0 Å².